The number of hydrogen-bond donors (Lipinski definition) is 1. The van der Waals surface area contributed by atoms with Gasteiger partial charge in [0.05, 0.1) is 10.6 Å². The van der Waals surface area contributed by atoms with E-state index in [4.69, 9.17) is 0 Å². The topological polar surface area (TPSA) is 46.9 Å². The van der Waals surface area contributed by atoms with Crippen LogP contribution in [0.2, 0.25) is 0 Å². The fourth-order valence-corrected chi connectivity index (χ4v) is 3.30. The summed E-state index contributed by atoms with van der Waals surface area (Å²) in [5.41, 5.74) is 1.83. The molecular weight excluding hydrogens is 368 g/mol. The molecule has 7 heteroatoms. The van der Waals surface area contributed by atoms with E-state index in [1.54, 1.807) is 6.07 Å². The third kappa shape index (κ3) is 3.50. The van der Waals surface area contributed by atoms with Gasteiger partial charge in [-0.25, -0.2) is 13.5 Å². The summed E-state index contributed by atoms with van der Waals surface area (Å²) in [6.07, 6.45) is 0. The van der Waals surface area contributed by atoms with Gasteiger partial charge in [-0.2, -0.15) is 5.10 Å². The molecule has 4 aromatic rings. The Hall–Kier alpha value is -3.32. The van der Waals surface area contributed by atoms with Crippen LogP contribution in [-0.4, -0.2) is 15.7 Å². The van der Waals surface area contributed by atoms with Crippen LogP contribution in [0.15, 0.2) is 72.1 Å². The summed E-state index contributed by atoms with van der Waals surface area (Å²) in [6, 6.07) is 17.9. The summed E-state index contributed by atoms with van der Waals surface area (Å²) in [6.45, 7) is 0. The molecule has 0 bridgehead atoms. The number of para-hydroxylation sites is 1. The Kier molecular flexibility index (Phi) is 4.52. The lowest BCUT2D eigenvalue weighted by Gasteiger charge is -2.08. The fraction of sp³-hybridized carbons (Fsp3) is 0. The van der Waals surface area contributed by atoms with Gasteiger partial charge in [-0.1, -0.05) is 24.3 Å². The number of anilines is 1. The number of nitrogens with one attached hydrogen (secondary N) is 1. The van der Waals surface area contributed by atoms with Crippen LogP contribution in [-0.2, 0) is 0 Å². The highest BCUT2D eigenvalue weighted by Gasteiger charge is 2.18. The molecule has 27 heavy (non-hydrogen) atoms. The zero-order valence-corrected chi connectivity index (χ0v) is 14.7. The van der Waals surface area contributed by atoms with Gasteiger partial charge in [-0.3, -0.25) is 4.79 Å². The number of rotatable bonds is 4. The molecule has 0 atom stereocenters. The number of carbonyl (C=O) groups excluding carboxylic acids is 1. The van der Waals surface area contributed by atoms with E-state index in [9.17, 15) is 13.6 Å². The lowest BCUT2D eigenvalue weighted by Crippen LogP contribution is -2.17. The van der Waals surface area contributed by atoms with E-state index in [0.717, 1.165) is 22.7 Å². The Balaban J connectivity index is 1.73. The number of nitrogens with zero attached hydrogens (tertiary/aromatic N) is 2. The van der Waals surface area contributed by atoms with E-state index in [1.165, 1.54) is 22.1 Å². The SMILES string of the molecule is O=C(Nc1ccc(F)c(F)c1)c1cc(-c2cccs2)nn1-c1ccccc1. The Bertz CT molecular complexity index is 1090. The summed E-state index contributed by atoms with van der Waals surface area (Å²) < 4.78 is 28.1. The van der Waals surface area contributed by atoms with Crippen LogP contribution in [0.5, 0.6) is 0 Å². The minimum absolute atomic E-state index is 0.164. The first-order valence-corrected chi connectivity index (χ1v) is 8.95. The average molecular weight is 381 g/mol. The van der Waals surface area contributed by atoms with E-state index < -0.39 is 17.5 Å². The smallest absolute Gasteiger partial charge is 0.274 e. The quantitative estimate of drug-likeness (QED) is 0.533. The lowest BCUT2D eigenvalue weighted by molar-refractivity contribution is 0.101. The highest BCUT2D eigenvalue weighted by atomic mass is 32.1. The summed E-state index contributed by atoms with van der Waals surface area (Å²) in [5, 5.41) is 9.07. The monoisotopic (exact) mass is 381 g/mol. The maximum atomic E-state index is 13.4. The van der Waals surface area contributed by atoms with Crippen molar-refractivity contribution in [2.45, 2.75) is 0 Å². The van der Waals surface area contributed by atoms with Gasteiger partial charge in [0, 0.05) is 11.8 Å². The second-order valence-electron chi connectivity index (χ2n) is 5.72. The van der Waals surface area contributed by atoms with Crippen molar-refractivity contribution >= 4 is 22.9 Å². The highest BCUT2D eigenvalue weighted by Crippen LogP contribution is 2.26. The minimum atomic E-state index is -1.02. The molecule has 0 aliphatic heterocycles. The number of carbonyl (C=O) groups is 1. The van der Waals surface area contributed by atoms with Gasteiger partial charge in [0.2, 0.25) is 0 Å². The second kappa shape index (κ2) is 7.13. The van der Waals surface area contributed by atoms with Crippen LogP contribution in [0.1, 0.15) is 10.5 Å². The Morgan fingerprint density at radius 3 is 2.48 bits per heavy atom. The molecule has 0 aliphatic carbocycles. The molecule has 0 fully saturated rings. The molecule has 1 amide bonds. The van der Waals surface area contributed by atoms with Gasteiger partial charge in [-0.15, -0.1) is 11.3 Å². The van der Waals surface area contributed by atoms with E-state index in [1.807, 2.05) is 47.8 Å². The fourth-order valence-electron chi connectivity index (χ4n) is 2.62. The van der Waals surface area contributed by atoms with Gasteiger partial charge in [0.25, 0.3) is 5.91 Å². The molecule has 1 N–H and O–H groups in total. The van der Waals surface area contributed by atoms with Gasteiger partial charge in [-0.05, 0) is 41.8 Å². The van der Waals surface area contributed by atoms with E-state index in [2.05, 4.69) is 10.4 Å². The number of hydrogen-bond acceptors (Lipinski definition) is 3. The molecule has 134 valence electrons. The van der Waals surface area contributed by atoms with Gasteiger partial charge in [0.1, 0.15) is 11.4 Å². The Labute approximate surface area is 157 Å². The standard InChI is InChI=1S/C20H13F2N3OS/c21-15-9-8-13(11-16(15)22)23-20(26)18-12-17(19-7-4-10-27-19)24-25(18)14-5-2-1-3-6-14/h1-12H,(H,23,26). The van der Waals surface area contributed by atoms with Crippen LogP contribution in [0.3, 0.4) is 0 Å². The van der Waals surface area contributed by atoms with Gasteiger partial charge in [0.15, 0.2) is 11.6 Å². The third-order valence-electron chi connectivity index (χ3n) is 3.89. The highest BCUT2D eigenvalue weighted by molar-refractivity contribution is 7.13. The molecule has 0 unspecified atom stereocenters. The first-order valence-electron chi connectivity index (χ1n) is 8.07. The van der Waals surface area contributed by atoms with Crippen molar-refractivity contribution < 1.29 is 13.6 Å². The van der Waals surface area contributed by atoms with Gasteiger partial charge >= 0.3 is 0 Å². The normalized spacial score (nSPS) is 10.7. The number of amides is 1. The number of thiophene rings is 1. The zero-order chi connectivity index (χ0) is 18.8. The Morgan fingerprint density at radius 1 is 0.963 bits per heavy atom. The molecule has 4 nitrogen and oxygen atoms in total. The van der Waals surface area contributed by atoms with E-state index in [0.29, 0.717) is 5.69 Å². The molecule has 2 aromatic carbocycles. The largest absolute Gasteiger partial charge is 0.321 e. The van der Waals surface area contributed by atoms with E-state index in [-0.39, 0.29) is 11.4 Å². The molecule has 0 spiro atoms. The third-order valence-corrected chi connectivity index (χ3v) is 4.79. The first kappa shape index (κ1) is 17.1. The van der Waals surface area contributed by atoms with Crippen molar-refractivity contribution in [1.82, 2.24) is 9.78 Å². The maximum Gasteiger partial charge on any atom is 0.274 e. The predicted octanol–water partition coefficient (Wildman–Crippen LogP) is 5.13. The predicted molar refractivity (Wildman–Crippen MR) is 101 cm³/mol. The Morgan fingerprint density at radius 2 is 1.78 bits per heavy atom. The molecule has 0 saturated carbocycles. The molecular formula is C20H13F2N3OS. The summed E-state index contributed by atoms with van der Waals surface area (Å²) in [5.74, 6) is -2.47. The zero-order valence-electron chi connectivity index (χ0n) is 13.9. The number of benzene rings is 2. The van der Waals surface area contributed by atoms with Crippen LogP contribution < -0.4 is 5.32 Å². The lowest BCUT2D eigenvalue weighted by atomic mass is 10.2. The van der Waals surface area contributed by atoms with Crippen molar-refractivity contribution in [3.8, 4) is 16.3 Å². The molecule has 0 aliphatic rings. The van der Waals surface area contributed by atoms with Crippen molar-refractivity contribution in [1.29, 1.82) is 0 Å². The van der Waals surface area contributed by atoms with E-state index >= 15 is 0 Å². The number of halogens is 2. The van der Waals surface area contributed by atoms with Crippen molar-refractivity contribution in [2.75, 3.05) is 5.32 Å². The van der Waals surface area contributed by atoms with Crippen LogP contribution in [0.25, 0.3) is 16.3 Å². The molecule has 4 rings (SSSR count). The molecule has 2 heterocycles. The summed E-state index contributed by atoms with van der Waals surface area (Å²) in [4.78, 5) is 13.7. The van der Waals surface area contributed by atoms with Crippen LogP contribution in [0.4, 0.5) is 14.5 Å². The van der Waals surface area contributed by atoms with Crippen molar-refractivity contribution in [3.05, 3.63) is 89.4 Å². The van der Waals surface area contributed by atoms with Gasteiger partial charge < -0.3 is 5.32 Å². The minimum Gasteiger partial charge on any atom is -0.321 e. The molecule has 2 aromatic heterocycles. The van der Waals surface area contributed by atoms with Crippen LogP contribution in [0, 0.1) is 11.6 Å². The summed E-state index contributed by atoms with van der Waals surface area (Å²) >= 11 is 1.51. The van der Waals surface area contributed by atoms with Crippen LogP contribution >= 0.6 is 11.3 Å². The molecule has 0 radical (unpaired) electrons. The first-order chi connectivity index (χ1) is 13.1. The van der Waals surface area contributed by atoms with Crippen molar-refractivity contribution in [3.63, 3.8) is 0 Å². The van der Waals surface area contributed by atoms with Crippen molar-refractivity contribution in [2.24, 2.45) is 0 Å². The second-order valence-corrected chi connectivity index (χ2v) is 6.67. The maximum absolute atomic E-state index is 13.4. The average Bonchev–Trinajstić information content (AvgIpc) is 3.35. The molecule has 0 saturated heterocycles. The summed E-state index contributed by atoms with van der Waals surface area (Å²) in [7, 11) is 0. The number of aromatic nitrogens is 2.